The van der Waals surface area contributed by atoms with Gasteiger partial charge in [-0.05, 0) is 24.3 Å². The first kappa shape index (κ1) is 17.8. The van der Waals surface area contributed by atoms with Crippen LogP contribution < -0.4 is 5.06 Å². The molecule has 2 atom stereocenters. The Balaban J connectivity index is 1.77. The molecule has 0 N–H and O–H groups in total. The summed E-state index contributed by atoms with van der Waals surface area (Å²) in [5.74, 6) is -2.02. The maximum Gasteiger partial charge on any atom is 0.325 e. The number of nitro benzene ring substituents is 1. The lowest BCUT2D eigenvalue weighted by Gasteiger charge is -2.29. The number of para-hydroxylation sites is 1. The molecular weight excluding hydrogens is 368 g/mol. The van der Waals surface area contributed by atoms with Crippen LogP contribution in [0.4, 0.5) is 11.4 Å². The first-order valence-corrected chi connectivity index (χ1v) is 8.43. The second-order valence-corrected chi connectivity index (χ2v) is 6.60. The van der Waals surface area contributed by atoms with Gasteiger partial charge in [-0.2, -0.15) is 0 Å². The summed E-state index contributed by atoms with van der Waals surface area (Å²) in [5, 5.41) is 12.2. The normalized spacial score (nSPS) is 23.9. The molecular formula is C19H14N2O7. The van der Waals surface area contributed by atoms with Crippen molar-refractivity contribution in [2.24, 2.45) is 5.41 Å². The quantitative estimate of drug-likeness (QED) is 0.259. The summed E-state index contributed by atoms with van der Waals surface area (Å²) < 4.78 is 4.72. The summed E-state index contributed by atoms with van der Waals surface area (Å²) in [7, 11) is 0. The Kier molecular flexibility index (Phi) is 4.16. The van der Waals surface area contributed by atoms with Crippen molar-refractivity contribution in [2.45, 2.75) is 12.5 Å². The molecule has 2 aliphatic rings. The van der Waals surface area contributed by atoms with E-state index in [1.165, 1.54) is 29.3 Å². The van der Waals surface area contributed by atoms with Crippen LogP contribution in [0, 0.1) is 15.5 Å². The van der Waals surface area contributed by atoms with Crippen LogP contribution in [0.2, 0.25) is 0 Å². The van der Waals surface area contributed by atoms with Crippen molar-refractivity contribution in [1.82, 2.24) is 0 Å². The molecule has 4 rings (SSSR count). The molecule has 0 radical (unpaired) electrons. The van der Waals surface area contributed by atoms with Gasteiger partial charge in [0, 0.05) is 17.7 Å². The summed E-state index contributed by atoms with van der Waals surface area (Å²) in [6.45, 7) is -0.185. The van der Waals surface area contributed by atoms with Crippen molar-refractivity contribution in [3.63, 3.8) is 0 Å². The van der Waals surface area contributed by atoms with Gasteiger partial charge in [0.1, 0.15) is 11.5 Å². The number of Topliss-reactive ketones (excluding diaryl/α,β-unsaturated/α-hetero) is 1. The Morgan fingerprint density at radius 3 is 2.36 bits per heavy atom. The zero-order valence-corrected chi connectivity index (χ0v) is 14.4. The van der Waals surface area contributed by atoms with Gasteiger partial charge < -0.3 is 4.74 Å². The average molecular weight is 382 g/mol. The second kappa shape index (κ2) is 6.54. The molecule has 2 aromatic carbocycles. The van der Waals surface area contributed by atoms with Crippen LogP contribution in [-0.2, 0) is 19.2 Å². The third-order valence-corrected chi connectivity index (χ3v) is 4.91. The van der Waals surface area contributed by atoms with Gasteiger partial charge in [0.05, 0.1) is 23.6 Å². The molecule has 9 heteroatoms. The molecule has 142 valence electrons. The van der Waals surface area contributed by atoms with Gasteiger partial charge in [-0.25, -0.2) is 5.06 Å². The minimum atomic E-state index is -1.47. The summed E-state index contributed by atoms with van der Waals surface area (Å²) in [6, 6.07) is 12.6. The average Bonchev–Trinajstić information content (AvgIpc) is 3.21. The van der Waals surface area contributed by atoms with E-state index in [1.54, 1.807) is 30.3 Å². The third kappa shape index (κ3) is 2.72. The molecule has 9 nitrogen and oxygen atoms in total. The van der Waals surface area contributed by atoms with Crippen LogP contribution >= 0.6 is 0 Å². The van der Waals surface area contributed by atoms with Crippen molar-refractivity contribution in [3.05, 3.63) is 70.3 Å². The molecule has 1 spiro atoms. The van der Waals surface area contributed by atoms with E-state index in [0.29, 0.717) is 5.69 Å². The summed E-state index contributed by atoms with van der Waals surface area (Å²) >= 11 is 0. The second-order valence-electron chi connectivity index (χ2n) is 6.60. The Labute approximate surface area is 158 Å². The Morgan fingerprint density at radius 2 is 1.79 bits per heavy atom. The SMILES string of the molecule is O=C1C[C@@]2(CON(c3ccccc3)[C@@H]2C(=O)c2ccc([N+](=O)[O-])cc2)C(=O)O1. The van der Waals surface area contributed by atoms with Gasteiger partial charge in [0.25, 0.3) is 5.69 Å². The lowest BCUT2D eigenvalue weighted by molar-refractivity contribution is -0.384. The number of cyclic esters (lactones) is 2. The highest BCUT2D eigenvalue weighted by Gasteiger charge is 2.63. The molecule has 0 aliphatic carbocycles. The van der Waals surface area contributed by atoms with Crippen LogP contribution in [-0.4, -0.2) is 35.3 Å². The highest BCUT2D eigenvalue weighted by atomic mass is 16.7. The largest absolute Gasteiger partial charge is 0.393 e. The maximum atomic E-state index is 13.3. The smallest absolute Gasteiger partial charge is 0.325 e. The van der Waals surface area contributed by atoms with E-state index in [0.717, 1.165) is 0 Å². The molecule has 0 saturated carbocycles. The van der Waals surface area contributed by atoms with Gasteiger partial charge in [-0.1, -0.05) is 18.2 Å². The number of hydrogen-bond donors (Lipinski definition) is 0. The van der Waals surface area contributed by atoms with Gasteiger partial charge >= 0.3 is 11.9 Å². The number of carbonyl (C=O) groups excluding carboxylic acids is 3. The number of carbonyl (C=O) groups is 3. The highest BCUT2D eigenvalue weighted by Crippen LogP contribution is 2.45. The number of hydrogen-bond acceptors (Lipinski definition) is 8. The third-order valence-electron chi connectivity index (χ3n) is 4.91. The van der Waals surface area contributed by atoms with Crippen LogP contribution in [0.1, 0.15) is 16.8 Å². The molecule has 2 aliphatic heterocycles. The van der Waals surface area contributed by atoms with Crippen molar-refractivity contribution in [3.8, 4) is 0 Å². The van der Waals surface area contributed by atoms with Crippen molar-refractivity contribution >= 4 is 29.1 Å². The molecule has 2 fully saturated rings. The van der Waals surface area contributed by atoms with Gasteiger partial charge in [0.15, 0.2) is 5.78 Å². The number of benzene rings is 2. The zero-order chi connectivity index (χ0) is 19.9. The number of nitrogens with zero attached hydrogens (tertiary/aromatic N) is 2. The first-order chi connectivity index (χ1) is 13.4. The Morgan fingerprint density at radius 1 is 1.11 bits per heavy atom. The molecule has 0 unspecified atom stereocenters. The van der Waals surface area contributed by atoms with Gasteiger partial charge in [-0.3, -0.25) is 29.3 Å². The number of rotatable bonds is 4. The number of ketones is 1. The molecule has 0 amide bonds. The van der Waals surface area contributed by atoms with E-state index >= 15 is 0 Å². The minimum absolute atomic E-state index is 0.161. The number of hydroxylamine groups is 1. The standard InChI is InChI=1S/C19H14N2O7/c22-15-10-19(18(24)28-15)11-27-20(13-4-2-1-3-5-13)17(19)16(23)12-6-8-14(9-7-12)21(25)26/h1-9,17H,10-11H2/t17-,19+/m1/s1. The van der Waals surface area contributed by atoms with E-state index in [1.807, 2.05) is 0 Å². The molecule has 28 heavy (non-hydrogen) atoms. The fraction of sp³-hybridized carbons (Fsp3) is 0.211. The Bertz CT molecular complexity index is 974. The van der Waals surface area contributed by atoms with E-state index in [4.69, 9.17) is 9.57 Å². The molecule has 0 aromatic heterocycles. The fourth-order valence-electron chi connectivity index (χ4n) is 3.51. The number of nitro groups is 1. The van der Waals surface area contributed by atoms with E-state index in [2.05, 4.69) is 0 Å². The summed E-state index contributed by atoms with van der Waals surface area (Å²) in [6.07, 6.45) is -0.279. The van der Waals surface area contributed by atoms with Crippen LogP contribution in [0.15, 0.2) is 54.6 Å². The van der Waals surface area contributed by atoms with Crippen molar-refractivity contribution < 1.29 is 28.9 Å². The predicted molar refractivity (Wildman–Crippen MR) is 94.2 cm³/mol. The predicted octanol–water partition coefficient (Wildman–Crippen LogP) is 2.06. The Hall–Kier alpha value is -3.59. The van der Waals surface area contributed by atoms with Gasteiger partial charge in [0.2, 0.25) is 0 Å². The minimum Gasteiger partial charge on any atom is -0.393 e. The topological polar surface area (TPSA) is 116 Å². The maximum absolute atomic E-state index is 13.3. The van der Waals surface area contributed by atoms with Crippen LogP contribution in [0.3, 0.4) is 0 Å². The summed E-state index contributed by atoms with van der Waals surface area (Å²) in [5.41, 5.74) is -0.934. The van der Waals surface area contributed by atoms with E-state index in [-0.39, 0.29) is 24.3 Å². The van der Waals surface area contributed by atoms with E-state index in [9.17, 15) is 24.5 Å². The van der Waals surface area contributed by atoms with Crippen LogP contribution in [0.5, 0.6) is 0 Å². The summed E-state index contributed by atoms with van der Waals surface area (Å²) in [4.78, 5) is 53.5. The number of non-ortho nitro benzene ring substituents is 1. The van der Waals surface area contributed by atoms with E-state index < -0.39 is 34.1 Å². The number of ether oxygens (including phenoxy) is 1. The lowest BCUT2D eigenvalue weighted by Crippen LogP contribution is -2.48. The first-order valence-electron chi connectivity index (χ1n) is 8.43. The zero-order valence-electron chi connectivity index (χ0n) is 14.4. The monoisotopic (exact) mass is 382 g/mol. The number of esters is 2. The van der Waals surface area contributed by atoms with Gasteiger partial charge in [-0.15, -0.1) is 0 Å². The lowest BCUT2D eigenvalue weighted by atomic mass is 9.76. The highest BCUT2D eigenvalue weighted by molar-refractivity contribution is 6.09. The fourth-order valence-corrected chi connectivity index (χ4v) is 3.51. The molecule has 2 heterocycles. The van der Waals surface area contributed by atoms with Crippen LogP contribution in [0.25, 0.3) is 0 Å². The molecule has 2 saturated heterocycles. The number of anilines is 1. The van der Waals surface area contributed by atoms with Crippen molar-refractivity contribution in [1.29, 1.82) is 0 Å². The van der Waals surface area contributed by atoms with Crippen molar-refractivity contribution in [2.75, 3.05) is 11.7 Å². The molecule has 0 bridgehead atoms. The molecule has 2 aromatic rings.